The van der Waals surface area contributed by atoms with Crippen molar-refractivity contribution >= 4 is 35.0 Å². The minimum absolute atomic E-state index is 0.207. The smallest absolute Gasteiger partial charge is 0.338 e. The minimum Gasteiger partial charge on any atom is -0.489 e. The first-order chi connectivity index (χ1) is 18.8. The Morgan fingerprint density at radius 3 is 2.38 bits per heavy atom. The second-order valence-electron chi connectivity index (χ2n) is 9.20. The summed E-state index contributed by atoms with van der Waals surface area (Å²) in [6.07, 6.45) is 1.84. The van der Waals surface area contributed by atoms with E-state index < -0.39 is 12.0 Å². The quantitative estimate of drug-likeness (QED) is 0.287. The fourth-order valence-electron chi connectivity index (χ4n) is 4.41. The maximum atomic E-state index is 13.7. The predicted molar refractivity (Wildman–Crippen MR) is 154 cm³/mol. The zero-order valence-corrected chi connectivity index (χ0v) is 23.4. The van der Waals surface area contributed by atoms with Crippen LogP contribution in [-0.2, 0) is 16.1 Å². The number of hydrogen-bond donors (Lipinski definition) is 0. The number of rotatable bonds is 7. The van der Waals surface area contributed by atoms with E-state index in [1.165, 1.54) is 11.3 Å². The Bertz CT molecular complexity index is 1720. The number of ether oxygens (including phenoxy) is 2. The van der Waals surface area contributed by atoms with E-state index in [2.05, 4.69) is 4.99 Å². The molecule has 0 aliphatic carbocycles. The van der Waals surface area contributed by atoms with E-state index in [-0.39, 0.29) is 12.2 Å². The summed E-state index contributed by atoms with van der Waals surface area (Å²) < 4.78 is 13.4. The number of benzene rings is 3. The van der Waals surface area contributed by atoms with E-state index in [0.29, 0.717) is 32.2 Å². The average Bonchev–Trinajstić information content (AvgIpc) is 3.23. The van der Waals surface area contributed by atoms with Gasteiger partial charge in [0.25, 0.3) is 5.56 Å². The number of fused-ring (bicyclic) bond motifs is 1. The van der Waals surface area contributed by atoms with Crippen LogP contribution in [0.4, 0.5) is 0 Å². The molecule has 1 aliphatic heterocycles. The molecule has 1 aliphatic rings. The van der Waals surface area contributed by atoms with Crippen LogP contribution in [0.25, 0.3) is 6.08 Å². The number of carbonyl (C=O) groups excluding carboxylic acids is 1. The molecular formula is C31H27ClN2O4S. The van der Waals surface area contributed by atoms with Gasteiger partial charge in [-0.15, -0.1) is 0 Å². The highest BCUT2D eigenvalue weighted by Gasteiger charge is 2.33. The number of thiazole rings is 1. The molecule has 0 spiro atoms. The zero-order valence-electron chi connectivity index (χ0n) is 21.8. The van der Waals surface area contributed by atoms with Gasteiger partial charge in [-0.2, -0.15) is 0 Å². The van der Waals surface area contributed by atoms with E-state index in [1.807, 2.05) is 85.8 Å². The van der Waals surface area contributed by atoms with Crippen LogP contribution in [0, 0.1) is 6.92 Å². The number of allylic oxidation sites excluding steroid dienone is 1. The summed E-state index contributed by atoms with van der Waals surface area (Å²) >= 11 is 7.25. The molecule has 0 saturated heterocycles. The normalized spacial score (nSPS) is 15.1. The van der Waals surface area contributed by atoms with Crippen molar-refractivity contribution in [1.29, 1.82) is 0 Å². The third kappa shape index (κ3) is 5.75. The second-order valence-corrected chi connectivity index (χ2v) is 10.6. The van der Waals surface area contributed by atoms with Crippen molar-refractivity contribution in [2.45, 2.75) is 33.4 Å². The maximum Gasteiger partial charge on any atom is 0.338 e. The zero-order chi connectivity index (χ0) is 27.5. The van der Waals surface area contributed by atoms with E-state index >= 15 is 0 Å². The lowest BCUT2D eigenvalue weighted by molar-refractivity contribution is -0.139. The molecule has 2 heterocycles. The molecule has 5 rings (SSSR count). The first-order valence-corrected chi connectivity index (χ1v) is 13.8. The molecule has 4 aromatic rings. The number of halogens is 1. The number of carbonyl (C=O) groups is 1. The highest BCUT2D eigenvalue weighted by atomic mass is 35.5. The van der Waals surface area contributed by atoms with Crippen LogP contribution in [0.3, 0.4) is 0 Å². The molecule has 0 bridgehead atoms. The van der Waals surface area contributed by atoms with Gasteiger partial charge in [0.1, 0.15) is 12.4 Å². The summed E-state index contributed by atoms with van der Waals surface area (Å²) in [5.41, 5.74) is 4.51. The summed E-state index contributed by atoms with van der Waals surface area (Å²) in [5, 5.41) is 0.686. The van der Waals surface area contributed by atoms with Crippen molar-refractivity contribution in [3.05, 3.63) is 131 Å². The van der Waals surface area contributed by atoms with E-state index in [1.54, 1.807) is 18.4 Å². The van der Waals surface area contributed by atoms with Crippen molar-refractivity contribution in [3.8, 4) is 5.75 Å². The van der Waals surface area contributed by atoms with E-state index in [9.17, 15) is 9.59 Å². The molecule has 6 nitrogen and oxygen atoms in total. The molecule has 0 fully saturated rings. The van der Waals surface area contributed by atoms with Gasteiger partial charge in [0, 0.05) is 5.02 Å². The Balaban J connectivity index is 1.48. The standard InChI is InChI=1S/C31H27ClN2O4S/c1-4-37-30(36)27-20(3)33-31-34(28(27)23-11-5-19(2)6-12-23)29(35)26(39-31)17-21-9-15-25(16-10-21)38-18-22-7-13-24(32)14-8-22/h5-17,28H,4,18H2,1-3H3/b26-17-/t28-/m0/s1. The third-order valence-corrected chi connectivity index (χ3v) is 7.64. The molecule has 0 N–H and O–H groups in total. The van der Waals surface area contributed by atoms with Gasteiger partial charge in [0.15, 0.2) is 4.80 Å². The van der Waals surface area contributed by atoms with Gasteiger partial charge >= 0.3 is 5.97 Å². The summed E-state index contributed by atoms with van der Waals surface area (Å²) in [6.45, 7) is 6.21. The van der Waals surface area contributed by atoms with Crippen molar-refractivity contribution in [1.82, 2.24) is 4.57 Å². The van der Waals surface area contributed by atoms with Crippen molar-refractivity contribution in [2.24, 2.45) is 4.99 Å². The summed E-state index contributed by atoms with van der Waals surface area (Å²) in [4.78, 5) is 31.9. The SMILES string of the molecule is CCOC(=O)C1=C(C)N=c2s/c(=C\c3ccc(OCc4ccc(Cl)cc4)cc3)c(=O)n2[C@H]1c1ccc(C)cc1. The highest BCUT2D eigenvalue weighted by Crippen LogP contribution is 2.30. The monoisotopic (exact) mass is 558 g/mol. The molecule has 39 heavy (non-hydrogen) atoms. The number of aromatic nitrogens is 1. The van der Waals surface area contributed by atoms with E-state index in [0.717, 1.165) is 28.0 Å². The lowest BCUT2D eigenvalue weighted by Crippen LogP contribution is -2.39. The van der Waals surface area contributed by atoms with Gasteiger partial charge in [-0.1, -0.05) is 77.0 Å². The topological polar surface area (TPSA) is 69.9 Å². The van der Waals surface area contributed by atoms with Gasteiger partial charge < -0.3 is 9.47 Å². The Labute approximate surface area is 235 Å². The highest BCUT2D eigenvalue weighted by molar-refractivity contribution is 7.07. The van der Waals surface area contributed by atoms with Crippen LogP contribution in [0.15, 0.2) is 93.9 Å². The maximum absolute atomic E-state index is 13.7. The fourth-order valence-corrected chi connectivity index (χ4v) is 5.59. The van der Waals surface area contributed by atoms with Crippen molar-refractivity contribution in [2.75, 3.05) is 6.61 Å². The van der Waals surface area contributed by atoms with E-state index in [4.69, 9.17) is 21.1 Å². The molecule has 0 saturated carbocycles. The van der Waals surface area contributed by atoms with Gasteiger partial charge in [-0.3, -0.25) is 9.36 Å². The van der Waals surface area contributed by atoms with Crippen molar-refractivity contribution < 1.29 is 14.3 Å². The lowest BCUT2D eigenvalue weighted by Gasteiger charge is -2.24. The second kappa shape index (κ2) is 11.4. The van der Waals surface area contributed by atoms with Crippen LogP contribution in [-0.4, -0.2) is 17.1 Å². The molecule has 198 valence electrons. The first-order valence-electron chi connectivity index (χ1n) is 12.6. The summed E-state index contributed by atoms with van der Waals surface area (Å²) in [5.74, 6) is 0.255. The lowest BCUT2D eigenvalue weighted by atomic mass is 9.95. The average molecular weight is 559 g/mol. The molecule has 0 unspecified atom stereocenters. The van der Waals surface area contributed by atoms with Gasteiger partial charge in [0.2, 0.25) is 0 Å². The third-order valence-electron chi connectivity index (χ3n) is 6.41. The van der Waals surface area contributed by atoms with Gasteiger partial charge in [-0.25, -0.2) is 9.79 Å². The van der Waals surface area contributed by atoms with Crippen LogP contribution in [0.1, 0.15) is 42.1 Å². The number of nitrogens with zero attached hydrogens (tertiary/aromatic N) is 2. The summed E-state index contributed by atoms with van der Waals surface area (Å²) in [6, 6.07) is 22.3. The largest absolute Gasteiger partial charge is 0.489 e. The Morgan fingerprint density at radius 2 is 1.72 bits per heavy atom. The van der Waals surface area contributed by atoms with Crippen LogP contribution < -0.4 is 19.6 Å². The first kappa shape index (κ1) is 26.7. The van der Waals surface area contributed by atoms with Crippen LogP contribution >= 0.6 is 22.9 Å². The predicted octanol–water partition coefficient (Wildman–Crippen LogP) is 5.34. The van der Waals surface area contributed by atoms with Gasteiger partial charge in [-0.05, 0) is 67.8 Å². The van der Waals surface area contributed by atoms with Crippen LogP contribution in [0.5, 0.6) is 5.75 Å². The fraction of sp³-hybridized carbons (Fsp3) is 0.194. The molecular weight excluding hydrogens is 532 g/mol. The van der Waals surface area contributed by atoms with Crippen molar-refractivity contribution in [3.63, 3.8) is 0 Å². The number of hydrogen-bond acceptors (Lipinski definition) is 6. The minimum atomic E-state index is -0.619. The Hall–Kier alpha value is -3.94. The molecule has 3 aromatic carbocycles. The summed E-state index contributed by atoms with van der Waals surface area (Å²) in [7, 11) is 0. The molecule has 0 radical (unpaired) electrons. The molecule has 1 atom stereocenters. The number of esters is 1. The number of aryl methyl sites for hydroxylation is 1. The van der Waals surface area contributed by atoms with Gasteiger partial charge in [0.05, 0.1) is 28.5 Å². The molecule has 8 heteroatoms. The Kier molecular flexibility index (Phi) is 7.82. The van der Waals surface area contributed by atoms with Crippen LogP contribution in [0.2, 0.25) is 5.02 Å². The molecule has 1 aromatic heterocycles. The molecule has 0 amide bonds. The Morgan fingerprint density at radius 1 is 1.03 bits per heavy atom.